The van der Waals surface area contributed by atoms with E-state index in [0.29, 0.717) is 5.69 Å². The topological polar surface area (TPSA) is 118 Å². The number of nitrogens with two attached hydrogens (primary N) is 1. The Balaban J connectivity index is 1.72. The van der Waals surface area contributed by atoms with Crippen LogP contribution in [0.2, 0.25) is 0 Å². The quantitative estimate of drug-likeness (QED) is 0.664. The zero-order valence-corrected chi connectivity index (χ0v) is 12.8. The number of rotatable bonds is 4. The second-order valence-corrected chi connectivity index (χ2v) is 6.55. The number of sulfonamides is 1. The average Bonchev–Trinajstić information content (AvgIpc) is 2.96. The van der Waals surface area contributed by atoms with Crippen LogP contribution < -0.4 is 10.5 Å². The minimum atomic E-state index is -3.71. The van der Waals surface area contributed by atoms with E-state index in [1.54, 1.807) is 12.1 Å². The van der Waals surface area contributed by atoms with E-state index >= 15 is 0 Å². The van der Waals surface area contributed by atoms with E-state index in [0.717, 1.165) is 16.5 Å². The molecule has 8 heteroatoms. The third kappa shape index (κ3) is 3.22. The van der Waals surface area contributed by atoms with Gasteiger partial charge in [0.25, 0.3) is 5.91 Å². The second kappa shape index (κ2) is 5.82. The van der Waals surface area contributed by atoms with E-state index in [1.807, 2.05) is 24.3 Å². The lowest BCUT2D eigenvalue weighted by molar-refractivity contribution is 0.0947. The van der Waals surface area contributed by atoms with E-state index in [1.165, 1.54) is 12.1 Å². The highest BCUT2D eigenvalue weighted by atomic mass is 32.2. The van der Waals surface area contributed by atoms with Gasteiger partial charge in [0.05, 0.1) is 10.4 Å². The molecule has 0 aliphatic carbocycles. The number of benzene rings is 2. The van der Waals surface area contributed by atoms with E-state index in [4.69, 9.17) is 5.14 Å². The number of hydrogen-bond acceptors (Lipinski definition) is 4. The maximum Gasteiger partial charge on any atom is 0.272 e. The Kier molecular flexibility index (Phi) is 3.85. The molecule has 1 heterocycles. The Labute approximate surface area is 132 Å². The van der Waals surface area contributed by atoms with Crippen molar-refractivity contribution in [3.8, 4) is 0 Å². The lowest BCUT2D eigenvalue weighted by Crippen LogP contribution is -2.23. The summed E-state index contributed by atoms with van der Waals surface area (Å²) in [7, 11) is -3.71. The van der Waals surface area contributed by atoms with Crippen LogP contribution in [0.4, 0.5) is 0 Å². The van der Waals surface area contributed by atoms with E-state index in [-0.39, 0.29) is 17.3 Å². The average molecular weight is 330 g/mol. The van der Waals surface area contributed by atoms with Gasteiger partial charge in [-0.2, -0.15) is 5.10 Å². The molecule has 23 heavy (non-hydrogen) atoms. The van der Waals surface area contributed by atoms with Gasteiger partial charge in [-0.15, -0.1) is 0 Å². The fraction of sp³-hybridized carbons (Fsp3) is 0.0667. The molecule has 1 amide bonds. The molecule has 3 aromatic rings. The molecular formula is C15H14N4O3S. The van der Waals surface area contributed by atoms with E-state index < -0.39 is 10.0 Å². The van der Waals surface area contributed by atoms with Crippen LogP contribution >= 0.6 is 0 Å². The zero-order chi connectivity index (χ0) is 16.4. The number of H-pyrrole nitrogens is 1. The van der Waals surface area contributed by atoms with Gasteiger partial charge in [-0.3, -0.25) is 9.89 Å². The lowest BCUT2D eigenvalue weighted by Gasteiger charge is -2.05. The zero-order valence-electron chi connectivity index (χ0n) is 12.0. The molecule has 0 spiro atoms. The summed E-state index contributed by atoms with van der Waals surface area (Å²) >= 11 is 0. The molecule has 4 N–H and O–H groups in total. The number of nitrogens with zero attached hydrogens (tertiary/aromatic N) is 1. The maximum atomic E-state index is 12.2. The summed E-state index contributed by atoms with van der Waals surface area (Å²) in [6, 6.07) is 13.3. The molecule has 3 rings (SSSR count). The molecule has 0 radical (unpaired) electrons. The molecule has 7 nitrogen and oxygen atoms in total. The van der Waals surface area contributed by atoms with Crippen LogP contribution in [-0.2, 0) is 16.6 Å². The van der Waals surface area contributed by atoms with Crippen molar-refractivity contribution in [1.82, 2.24) is 15.5 Å². The molecule has 0 saturated carbocycles. The first-order chi connectivity index (χ1) is 10.9. The second-order valence-electron chi connectivity index (χ2n) is 4.99. The minimum absolute atomic E-state index is 0.0332. The highest BCUT2D eigenvalue weighted by Gasteiger charge is 2.13. The first-order valence-electron chi connectivity index (χ1n) is 6.78. The minimum Gasteiger partial charge on any atom is -0.347 e. The van der Waals surface area contributed by atoms with E-state index in [9.17, 15) is 13.2 Å². The monoisotopic (exact) mass is 330 g/mol. The van der Waals surface area contributed by atoms with Gasteiger partial charge in [-0.25, -0.2) is 13.6 Å². The van der Waals surface area contributed by atoms with Crippen LogP contribution in [0.3, 0.4) is 0 Å². The fourth-order valence-corrected chi connectivity index (χ4v) is 2.72. The maximum absolute atomic E-state index is 12.2. The van der Waals surface area contributed by atoms with Gasteiger partial charge >= 0.3 is 0 Å². The van der Waals surface area contributed by atoms with E-state index in [2.05, 4.69) is 15.5 Å². The van der Waals surface area contributed by atoms with Crippen molar-refractivity contribution in [1.29, 1.82) is 0 Å². The Bertz CT molecular complexity index is 962. The number of carbonyl (C=O) groups is 1. The largest absolute Gasteiger partial charge is 0.347 e. The number of aromatic nitrogens is 2. The third-order valence-corrected chi connectivity index (χ3v) is 4.32. The van der Waals surface area contributed by atoms with Crippen molar-refractivity contribution in [3.05, 3.63) is 59.8 Å². The van der Waals surface area contributed by atoms with Crippen molar-refractivity contribution in [2.45, 2.75) is 11.4 Å². The highest BCUT2D eigenvalue weighted by molar-refractivity contribution is 7.89. The van der Waals surface area contributed by atoms with Crippen LogP contribution in [0.15, 0.2) is 53.4 Å². The summed E-state index contributed by atoms with van der Waals surface area (Å²) in [5.41, 5.74) is 1.86. The fourth-order valence-electron chi connectivity index (χ4n) is 2.20. The van der Waals surface area contributed by atoms with Crippen LogP contribution in [0.5, 0.6) is 0 Å². The molecule has 0 unspecified atom stereocenters. The SMILES string of the molecule is NS(=O)(=O)c1ccc(CNC(=O)c2n[nH]c3ccccc23)cc1. The van der Waals surface area contributed by atoms with Crippen LogP contribution in [0.25, 0.3) is 10.9 Å². The molecule has 0 aliphatic heterocycles. The Hall–Kier alpha value is -2.71. The normalized spacial score (nSPS) is 11.5. The Morgan fingerprint density at radius 3 is 2.52 bits per heavy atom. The highest BCUT2D eigenvalue weighted by Crippen LogP contribution is 2.15. The molecule has 0 atom stereocenters. The Morgan fingerprint density at radius 1 is 1.13 bits per heavy atom. The lowest BCUT2D eigenvalue weighted by atomic mass is 10.2. The van der Waals surface area contributed by atoms with Crippen molar-refractivity contribution >= 4 is 26.8 Å². The summed E-state index contributed by atoms with van der Waals surface area (Å²) in [5, 5.41) is 15.4. The van der Waals surface area contributed by atoms with Gasteiger partial charge in [0.1, 0.15) is 0 Å². The first kappa shape index (κ1) is 15.2. The first-order valence-corrected chi connectivity index (χ1v) is 8.33. The number of amides is 1. The standard InChI is InChI=1S/C15H14N4O3S/c16-23(21,22)11-7-5-10(6-8-11)9-17-15(20)14-12-3-1-2-4-13(12)18-19-14/h1-8H,9H2,(H,17,20)(H,18,19)(H2,16,21,22). The van der Waals surface area contributed by atoms with Crippen molar-refractivity contribution in [2.24, 2.45) is 5.14 Å². The molecule has 0 aliphatic rings. The molecule has 1 aromatic heterocycles. The van der Waals surface area contributed by atoms with Crippen molar-refractivity contribution in [2.75, 3.05) is 0 Å². The smallest absolute Gasteiger partial charge is 0.272 e. The number of fused-ring (bicyclic) bond motifs is 1. The van der Waals surface area contributed by atoms with Crippen LogP contribution in [-0.4, -0.2) is 24.5 Å². The number of aromatic amines is 1. The summed E-state index contributed by atoms with van der Waals surface area (Å²) < 4.78 is 22.4. The van der Waals surface area contributed by atoms with Gasteiger partial charge in [-0.1, -0.05) is 30.3 Å². The van der Waals surface area contributed by atoms with Gasteiger partial charge in [0.15, 0.2) is 5.69 Å². The molecule has 2 aromatic carbocycles. The number of primary sulfonamides is 1. The van der Waals surface area contributed by atoms with Gasteiger partial charge in [0, 0.05) is 11.9 Å². The van der Waals surface area contributed by atoms with Gasteiger partial charge in [0.2, 0.25) is 10.0 Å². The number of para-hydroxylation sites is 1. The predicted octanol–water partition coefficient (Wildman–Crippen LogP) is 1.14. The summed E-state index contributed by atoms with van der Waals surface area (Å²) in [5.74, 6) is -0.307. The molecule has 0 saturated heterocycles. The Morgan fingerprint density at radius 2 is 1.83 bits per heavy atom. The number of hydrogen-bond donors (Lipinski definition) is 3. The summed E-state index contributed by atoms with van der Waals surface area (Å²) in [4.78, 5) is 12.2. The molecule has 0 bridgehead atoms. The predicted molar refractivity (Wildman–Crippen MR) is 85.1 cm³/mol. The molecular weight excluding hydrogens is 316 g/mol. The summed E-state index contributed by atoms with van der Waals surface area (Å²) in [6.07, 6.45) is 0. The van der Waals surface area contributed by atoms with Gasteiger partial charge < -0.3 is 5.32 Å². The third-order valence-electron chi connectivity index (χ3n) is 3.39. The number of nitrogens with one attached hydrogen (secondary N) is 2. The molecule has 0 fully saturated rings. The van der Waals surface area contributed by atoms with Crippen LogP contribution in [0, 0.1) is 0 Å². The number of carbonyl (C=O) groups excluding carboxylic acids is 1. The summed E-state index contributed by atoms with van der Waals surface area (Å²) in [6.45, 7) is 0.255. The van der Waals surface area contributed by atoms with Crippen molar-refractivity contribution in [3.63, 3.8) is 0 Å². The van der Waals surface area contributed by atoms with Crippen LogP contribution in [0.1, 0.15) is 16.1 Å². The van der Waals surface area contributed by atoms with Gasteiger partial charge in [-0.05, 0) is 23.8 Å². The van der Waals surface area contributed by atoms with Crippen molar-refractivity contribution < 1.29 is 13.2 Å². The molecule has 118 valence electrons.